The number of anilines is 2. The van der Waals surface area contributed by atoms with Crippen LogP contribution in [0.5, 0.6) is 0 Å². The predicted octanol–water partition coefficient (Wildman–Crippen LogP) is 3.88. The lowest BCUT2D eigenvalue weighted by atomic mass is 10.1. The molecule has 3 aromatic carbocycles. The standard InChI is InChI=1S/C26H26N2O4S/c29-25(19-33(31,32)18-6-9-20-7-2-1-3-8-20)27-23-14-12-22(13-15-23)26(30)28-17-16-21-10-4-5-11-24(21)28/h1-5,7-8,10-15H,6,9,16-19H2,(H,27,29). The molecule has 0 radical (unpaired) electrons. The number of fused-ring (bicyclic) bond motifs is 1. The molecule has 4 rings (SSSR count). The van der Waals surface area contributed by atoms with Gasteiger partial charge in [-0.3, -0.25) is 9.59 Å². The number of rotatable bonds is 8. The first-order valence-electron chi connectivity index (χ1n) is 11.0. The molecule has 170 valence electrons. The minimum absolute atomic E-state index is 0.0416. The van der Waals surface area contributed by atoms with Gasteiger partial charge in [0.1, 0.15) is 5.75 Å². The van der Waals surface area contributed by atoms with E-state index < -0.39 is 21.5 Å². The maximum absolute atomic E-state index is 12.9. The highest BCUT2D eigenvalue weighted by Crippen LogP contribution is 2.29. The van der Waals surface area contributed by atoms with Gasteiger partial charge >= 0.3 is 0 Å². The van der Waals surface area contributed by atoms with Crippen molar-refractivity contribution in [2.45, 2.75) is 19.3 Å². The molecular weight excluding hydrogens is 436 g/mol. The lowest BCUT2D eigenvalue weighted by Gasteiger charge is -2.17. The van der Waals surface area contributed by atoms with E-state index in [0.29, 0.717) is 30.6 Å². The molecule has 0 fully saturated rings. The fraction of sp³-hybridized carbons (Fsp3) is 0.231. The Balaban J connectivity index is 1.29. The van der Waals surface area contributed by atoms with Crippen molar-refractivity contribution < 1.29 is 18.0 Å². The van der Waals surface area contributed by atoms with E-state index in [1.54, 1.807) is 29.2 Å². The second-order valence-corrected chi connectivity index (χ2v) is 10.3. The number of carbonyl (C=O) groups excluding carboxylic acids is 2. The Bertz CT molecular complexity index is 1240. The van der Waals surface area contributed by atoms with Crippen LogP contribution in [0.2, 0.25) is 0 Å². The van der Waals surface area contributed by atoms with Crippen molar-refractivity contribution >= 4 is 33.0 Å². The van der Waals surface area contributed by atoms with Crippen LogP contribution in [0.15, 0.2) is 78.9 Å². The first kappa shape index (κ1) is 22.7. The number of nitrogens with zero attached hydrogens (tertiary/aromatic N) is 1. The molecule has 0 aliphatic carbocycles. The Labute approximate surface area is 194 Å². The van der Waals surface area contributed by atoms with Gasteiger partial charge in [0.15, 0.2) is 9.84 Å². The Morgan fingerprint density at radius 1 is 0.879 bits per heavy atom. The number of amides is 2. The second kappa shape index (κ2) is 10.0. The summed E-state index contributed by atoms with van der Waals surface area (Å²) in [4.78, 5) is 26.9. The van der Waals surface area contributed by atoms with Gasteiger partial charge in [0.2, 0.25) is 5.91 Å². The van der Waals surface area contributed by atoms with Gasteiger partial charge in [-0.25, -0.2) is 8.42 Å². The molecule has 2 amide bonds. The summed E-state index contributed by atoms with van der Waals surface area (Å²) in [6, 6.07) is 24.0. The maximum Gasteiger partial charge on any atom is 0.258 e. The molecule has 0 unspecified atom stereocenters. The van der Waals surface area contributed by atoms with Crippen LogP contribution in [-0.4, -0.2) is 38.3 Å². The number of benzene rings is 3. The number of carbonyl (C=O) groups is 2. The van der Waals surface area contributed by atoms with Gasteiger partial charge in [0.25, 0.3) is 5.91 Å². The molecule has 0 aromatic heterocycles. The third-order valence-electron chi connectivity index (χ3n) is 5.66. The summed E-state index contributed by atoms with van der Waals surface area (Å²) in [5, 5.41) is 2.61. The van der Waals surface area contributed by atoms with Crippen LogP contribution in [0.25, 0.3) is 0 Å². The van der Waals surface area contributed by atoms with E-state index in [1.807, 2.05) is 54.6 Å². The first-order valence-corrected chi connectivity index (χ1v) is 12.8. The molecule has 0 saturated heterocycles. The highest BCUT2D eigenvalue weighted by Gasteiger charge is 2.25. The SMILES string of the molecule is O=C(CS(=O)(=O)CCCc1ccccc1)Nc1ccc(C(=O)N2CCc3ccccc32)cc1. The highest BCUT2D eigenvalue weighted by atomic mass is 32.2. The van der Waals surface area contributed by atoms with Gasteiger partial charge in [-0.1, -0.05) is 48.5 Å². The normalized spacial score (nSPS) is 12.9. The van der Waals surface area contributed by atoms with Gasteiger partial charge < -0.3 is 10.2 Å². The minimum Gasteiger partial charge on any atom is -0.325 e. The average molecular weight is 463 g/mol. The molecule has 33 heavy (non-hydrogen) atoms. The Kier molecular flexibility index (Phi) is 6.89. The van der Waals surface area contributed by atoms with Crippen LogP contribution in [0.1, 0.15) is 27.9 Å². The van der Waals surface area contributed by atoms with Gasteiger partial charge in [-0.15, -0.1) is 0 Å². The van der Waals surface area contributed by atoms with Crippen molar-refractivity contribution in [3.8, 4) is 0 Å². The number of hydrogen-bond acceptors (Lipinski definition) is 4. The summed E-state index contributed by atoms with van der Waals surface area (Å²) in [7, 11) is -3.50. The average Bonchev–Trinajstić information content (AvgIpc) is 3.23. The topological polar surface area (TPSA) is 83.5 Å². The third-order valence-corrected chi connectivity index (χ3v) is 7.28. The third kappa shape index (κ3) is 5.87. The summed E-state index contributed by atoms with van der Waals surface area (Å²) in [6.07, 6.45) is 1.95. The molecule has 1 aliphatic rings. The molecule has 6 nitrogen and oxygen atoms in total. The number of para-hydroxylation sites is 1. The molecule has 3 aromatic rings. The summed E-state index contributed by atoms with van der Waals surface area (Å²) >= 11 is 0. The zero-order chi connectivity index (χ0) is 23.3. The van der Waals surface area contributed by atoms with E-state index in [4.69, 9.17) is 0 Å². The summed E-state index contributed by atoms with van der Waals surface area (Å²) in [6.45, 7) is 0.638. The van der Waals surface area contributed by atoms with Gasteiger partial charge in [-0.2, -0.15) is 0 Å². The van der Waals surface area contributed by atoms with E-state index >= 15 is 0 Å². The molecule has 1 aliphatic heterocycles. The molecule has 0 atom stereocenters. The molecule has 0 saturated carbocycles. The van der Waals surface area contributed by atoms with Crippen molar-refractivity contribution in [1.82, 2.24) is 0 Å². The fourth-order valence-corrected chi connectivity index (χ4v) is 5.21. The molecule has 1 N–H and O–H groups in total. The van der Waals surface area contributed by atoms with E-state index in [-0.39, 0.29) is 11.7 Å². The van der Waals surface area contributed by atoms with Crippen molar-refractivity contribution in [2.75, 3.05) is 28.3 Å². The quantitative estimate of drug-likeness (QED) is 0.551. The van der Waals surface area contributed by atoms with Crippen molar-refractivity contribution in [3.05, 3.63) is 95.6 Å². The molecule has 0 spiro atoms. The zero-order valence-corrected chi connectivity index (χ0v) is 19.1. The smallest absolute Gasteiger partial charge is 0.258 e. The lowest BCUT2D eigenvalue weighted by molar-refractivity contribution is -0.113. The summed E-state index contributed by atoms with van der Waals surface area (Å²) in [5.74, 6) is -1.28. The largest absolute Gasteiger partial charge is 0.325 e. The second-order valence-electron chi connectivity index (χ2n) is 8.14. The Morgan fingerprint density at radius 3 is 2.33 bits per heavy atom. The van der Waals surface area contributed by atoms with E-state index in [0.717, 1.165) is 23.2 Å². The number of nitrogens with one attached hydrogen (secondary N) is 1. The van der Waals surface area contributed by atoms with Gasteiger partial charge in [0.05, 0.1) is 5.75 Å². The highest BCUT2D eigenvalue weighted by molar-refractivity contribution is 7.92. The fourth-order valence-electron chi connectivity index (χ4n) is 4.01. The van der Waals surface area contributed by atoms with Gasteiger partial charge in [-0.05, 0) is 60.7 Å². The summed E-state index contributed by atoms with van der Waals surface area (Å²) in [5.41, 5.74) is 4.12. The lowest BCUT2D eigenvalue weighted by Crippen LogP contribution is -2.29. The van der Waals surface area contributed by atoms with Crippen molar-refractivity contribution in [1.29, 1.82) is 0 Å². The number of sulfone groups is 1. The molecule has 0 bridgehead atoms. The summed E-state index contributed by atoms with van der Waals surface area (Å²) < 4.78 is 24.6. The van der Waals surface area contributed by atoms with Gasteiger partial charge in [0, 0.05) is 23.5 Å². The van der Waals surface area contributed by atoms with E-state index in [9.17, 15) is 18.0 Å². The first-order chi connectivity index (χ1) is 15.9. The van der Waals surface area contributed by atoms with Crippen LogP contribution in [0.3, 0.4) is 0 Å². The zero-order valence-electron chi connectivity index (χ0n) is 18.2. The van der Waals surface area contributed by atoms with E-state index in [2.05, 4.69) is 5.32 Å². The maximum atomic E-state index is 12.9. The number of hydrogen-bond donors (Lipinski definition) is 1. The molecule has 7 heteroatoms. The van der Waals surface area contributed by atoms with Crippen molar-refractivity contribution in [2.24, 2.45) is 0 Å². The molecule has 1 heterocycles. The van der Waals surface area contributed by atoms with Crippen LogP contribution in [0, 0.1) is 0 Å². The minimum atomic E-state index is -3.50. The van der Waals surface area contributed by atoms with Crippen LogP contribution >= 0.6 is 0 Å². The van der Waals surface area contributed by atoms with Crippen LogP contribution in [0.4, 0.5) is 11.4 Å². The van der Waals surface area contributed by atoms with Crippen LogP contribution in [-0.2, 0) is 27.5 Å². The Hall–Kier alpha value is -3.45. The number of aryl methyl sites for hydroxylation is 1. The Morgan fingerprint density at radius 2 is 1.58 bits per heavy atom. The van der Waals surface area contributed by atoms with Crippen molar-refractivity contribution in [3.63, 3.8) is 0 Å². The predicted molar refractivity (Wildman–Crippen MR) is 130 cm³/mol. The molecular formula is C26H26N2O4S. The van der Waals surface area contributed by atoms with E-state index in [1.165, 1.54) is 0 Å². The monoisotopic (exact) mass is 462 g/mol. The van der Waals surface area contributed by atoms with Crippen LogP contribution < -0.4 is 10.2 Å².